The predicted octanol–water partition coefficient (Wildman–Crippen LogP) is 2.87. The van der Waals surface area contributed by atoms with Crippen LogP contribution < -0.4 is 10.1 Å². The number of amides is 1. The van der Waals surface area contributed by atoms with Crippen molar-refractivity contribution in [1.82, 2.24) is 5.32 Å². The number of rotatable bonds is 6. The molecule has 0 aliphatic rings. The molecule has 0 saturated carbocycles. The summed E-state index contributed by atoms with van der Waals surface area (Å²) in [5, 5.41) is 2.78. The highest BCUT2D eigenvalue weighted by Gasteiger charge is 2.04. The Morgan fingerprint density at radius 3 is 2.57 bits per heavy atom. The molecule has 2 aromatic rings. The van der Waals surface area contributed by atoms with Gasteiger partial charge in [0.05, 0.1) is 0 Å². The Morgan fingerprint density at radius 1 is 1.14 bits per heavy atom. The molecule has 0 unspecified atom stereocenters. The predicted molar refractivity (Wildman–Crippen MR) is 79.8 cm³/mol. The highest BCUT2D eigenvalue weighted by molar-refractivity contribution is 5.77. The standard InChI is InChI=1S/C17H18FNO2/c1-13-4-2-3-5-16(13)21-12-17(20)19-11-10-14-6-8-15(18)9-7-14/h2-9H,10-12H2,1H3,(H,19,20). The Kier molecular flexibility index (Phi) is 5.32. The quantitative estimate of drug-likeness (QED) is 0.887. The molecule has 110 valence electrons. The molecule has 0 aliphatic heterocycles. The van der Waals surface area contributed by atoms with Crippen molar-refractivity contribution in [3.63, 3.8) is 0 Å². The fourth-order valence-corrected chi connectivity index (χ4v) is 1.91. The van der Waals surface area contributed by atoms with Crippen molar-refractivity contribution in [3.8, 4) is 5.75 Å². The number of hydrogen-bond donors (Lipinski definition) is 1. The molecule has 0 atom stereocenters. The van der Waals surface area contributed by atoms with E-state index < -0.39 is 0 Å². The second-order valence-electron chi connectivity index (χ2n) is 4.78. The fourth-order valence-electron chi connectivity index (χ4n) is 1.91. The van der Waals surface area contributed by atoms with Crippen LogP contribution in [0.2, 0.25) is 0 Å². The molecule has 3 nitrogen and oxygen atoms in total. The van der Waals surface area contributed by atoms with Crippen molar-refractivity contribution < 1.29 is 13.9 Å². The smallest absolute Gasteiger partial charge is 0.257 e. The molecule has 21 heavy (non-hydrogen) atoms. The monoisotopic (exact) mass is 287 g/mol. The molecule has 0 aliphatic carbocycles. The summed E-state index contributed by atoms with van der Waals surface area (Å²) in [6.45, 7) is 2.43. The molecular formula is C17H18FNO2. The zero-order chi connectivity index (χ0) is 15.1. The third-order valence-corrected chi connectivity index (χ3v) is 3.10. The zero-order valence-electron chi connectivity index (χ0n) is 11.9. The first-order chi connectivity index (χ1) is 10.1. The SMILES string of the molecule is Cc1ccccc1OCC(=O)NCCc1ccc(F)cc1. The molecule has 1 N–H and O–H groups in total. The first kappa shape index (κ1) is 15.0. The molecule has 2 rings (SSSR count). The summed E-state index contributed by atoms with van der Waals surface area (Å²) in [4.78, 5) is 11.7. The summed E-state index contributed by atoms with van der Waals surface area (Å²) in [5.41, 5.74) is 1.98. The number of carbonyl (C=O) groups is 1. The topological polar surface area (TPSA) is 38.3 Å². The lowest BCUT2D eigenvalue weighted by molar-refractivity contribution is -0.123. The van der Waals surface area contributed by atoms with Gasteiger partial charge in [0.1, 0.15) is 11.6 Å². The van der Waals surface area contributed by atoms with E-state index in [-0.39, 0.29) is 18.3 Å². The summed E-state index contributed by atoms with van der Waals surface area (Å²) in [6.07, 6.45) is 0.663. The van der Waals surface area contributed by atoms with Gasteiger partial charge in [-0.15, -0.1) is 0 Å². The summed E-state index contributed by atoms with van der Waals surface area (Å²) in [5.74, 6) is 0.293. The van der Waals surface area contributed by atoms with Gasteiger partial charge in [-0.1, -0.05) is 30.3 Å². The third-order valence-electron chi connectivity index (χ3n) is 3.10. The van der Waals surface area contributed by atoms with E-state index in [1.165, 1.54) is 12.1 Å². The van der Waals surface area contributed by atoms with Gasteiger partial charge in [0.2, 0.25) is 0 Å². The Hall–Kier alpha value is -2.36. The van der Waals surface area contributed by atoms with Crippen LogP contribution in [0, 0.1) is 12.7 Å². The van der Waals surface area contributed by atoms with Gasteiger partial charge in [-0.25, -0.2) is 4.39 Å². The van der Waals surface area contributed by atoms with Crippen LogP contribution in [0.4, 0.5) is 4.39 Å². The van der Waals surface area contributed by atoms with Crippen molar-refractivity contribution in [2.24, 2.45) is 0 Å². The lowest BCUT2D eigenvalue weighted by atomic mass is 10.1. The summed E-state index contributed by atoms with van der Waals surface area (Å²) in [7, 11) is 0. The molecule has 0 radical (unpaired) electrons. The zero-order valence-corrected chi connectivity index (χ0v) is 11.9. The molecule has 0 bridgehead atoms. The van der Waals surface area contributed by atoms with Crippen molar-refractivity contribution >= 4 is 5.91 Å². The Balaban J connectivity index is 1.70. The van der Waals surface area contributed by atoms with Crippen LogP contribution in [-0.2, 0) is 11.2 Å². The number of aryl methyl sites for hydroxylation is 1. The average molecular weight is 287 g/mol. The number of para-hydroxylation sites is 1. The largest absolute Gasteiger partial charge is 0.484 e. The minimum atomic E-state index is -0.255. The molecule has 0 saturated heterocycles. The fraction of sp³-hybridized carbons (Fsp3) is 0.235. The number of benzene rings is 2. The van der Waals surface area contributed by atoms with E-state index in [9.17, 15) is 9.18 Å². The lowest BCUT2D eigenvalue weighted by Crippen LogP contribution is -2.30. The number of carbonyl (C=O) groups excluding carboxylic acids is 1. The Bertz CT molecular complexity index is 596. The molecule has 0 heterocycles. The molecule has 4 heteroatoms. The molecule has 0 fully saturated rings. The van der Waals surface area contributed by atoms with Gasteiger partial charge < -0.3 is 10.1 Å². The van der Waals surface area contributed by atoms with E-state index in [2.05, 4.69) is 5.32 Å². The van der Waals surface area contributed by atoms with Gasteiger partial charge >= 0.3 is 0 Å². The first-order valence-corrected chi connectivity index (χ1v) is 6.85. The normalized spacial score (nSPS) is 10.2. The maximum Gasteiger partial charge on any atom is 0.257 e. The van der Waals surface area contributed by atoms with E-state index in [0.717, 1.165) is 11.1 Å². The molecule has 1 amide bonds. The molecule has 2 aromatic carbocycles. The van der Waals surface area contributed by atoms with Crippen LogP contribution in [0.5, 0.6) is 5.75 Å². The van der Waals surface area contributed by atoms with Gasteiger partial charge in [-0.2, -0.15) is 0 Å². The van der Waals surface area contributed by atoms with Crippen molar-refractivity contribution in [2.75, 3.05) is 13.2 Å². The van der Waals surface area contributed by atoms with E-state index >= 15 is 0 Å². The maximum atomic E-state index is 12.7. The van der Waals surface area contributed by atoms with E-state index in [1.54, 1.807) is 12.1 Å². The lowest BCUT2D eigenvalue weighted by Gasteiger charge is -2.09. The van der Waals surface area contributed by atoms with Gasteiger partial charge in [-0.3, -0.25) is 4.79 Å². The van der Waals surface area contributed by atoms with Gasteiger partial charge in [0.15, 0.2) is 6.61 Å². The minimum Gasteiger partial charge on any atom is -0.484 e. The highest BCUT2D eigenvalue weighted by Crippen LogP contribution is 2.15. The van der Waals surface area contributed by atoms with Gasteiger partial charge in [-0.05, 0) is 42.7 Å². The molecule has 0 aromatic heterocycles. The van der Waals surface area contributed by atoms with Gasteiger partial charge in [0, 0.05) is 6.54 Å². The number of hydrogen-bond acceptors (Lipinski definition) is 2. The van der Waals surface area contributed by atoms with Crippen LogP contribution in [0.3, 0.4) is 0 Å². The van der Waals surface area contributed by atoms with Crippen molar-refractivity contribution in [2.45, 2.75) is 13.3 Å². The van der Waals surface area contributed by atoms with Crippen LogP contribution in [0.25, 0.3) is 0 Å². The van der Waals surface area contributed by atoms with Crippen molar-refractivity contribution in [3.05, 3.63) is 65.5 Å². The van der Waals surface area contributed by atoms with E-state index in [1.807, 2.05) is 31.2 Å². The average Bonchev–Trinajstić information content (AvgIpc) is 2.48. The highest BCUT2D eigenvalue weighted by atomic mass is 19.1. The summed E-state index contributed by atoms with van der Waals surface area (Å²) < 4.78 is 18.2. The van der Waals surface area contributed by atoms with Crippen LogP contribution in [0.15, 0.2) is 48.5 Å². The van der Waals surface area contributed by atoms with E-state index in [4.69, 9.17) is 4.74 Å². The van der Waals surface area contributed by atoms with Gasteiger partial charge in [0.25, 0.3) is 5.91 Å². The first-order valence-electron chi connectivity index (χ1n) is 6.85. The Labute approximate surface area is 123 Å². The van der Waals surface area contributed by atoms with E-state index in [0.29, 0.717) is 18.7 Å². The Morgan fingerprint density at radius 2 is 1.86 bits per heavy atom. The van der Waals surface area contributed by atoms with Crippen LogP contribution >= 0.6 is 0 Å². The van der Waals surface area contributed by atoms with Crippen LogP contribution in [-0.4, -0.2) is 19.1 Å². The second kappa shape index (κ2) is 7.43. The summed E-state index contributed by atoms with van der Waals surface area (Å²) >= 11 is 0. The molecule has 0 spiro atoms. The summed E-state index contributed by atoms with van der Waals surface area (Å²) in [6, 6.07) is 13.8. The third kappa shape index (κ3) is 4.91. The second-order valence-corrected chi connectivity index (χ2v) is 4.78. The van der Waals surface area contributed by atoms with Crippen molar-refractivity contribution in [1.29, 1.82) is 0 Å². The van der Waals surface area contributed by atoms with Crippen LogP contribution in [0.1, 0.15) is 11.1 Å². The minimum absolute atomic E-state index is 0.00568. The number of ether oxygens (including phenoxy) is 1. The maximum absolute atomic E-state index is 12.7. The number of halogens is 1. The molecular weight excluding hydrogens is 269 g/mol. The number of nitrogens with one attached hydrogen (secondary N) is 1.